The van der Waals surface area contributed by atoms with Crippen LogP contribution in [0.3, 0.4) is 0 Å². The molecule has 0 saturated heterocycles. The summed E-state index contributed by atoms with van der Waals surface area (Å²) < 4.78 is 31.8. The number of benzene rings is 1. The van der Waals surface area contributed by atoms with Crippen LogP contribution in [0.5, 0.6) is 11.6 Å². The number of nitrogens with one attached hydrogen (secondary N) is 1. The zero-order valence-corrected chi connectivity index (χ0v) is 13.0. The highest BCUT2D eigenvalue weighted by molar-refractivity contribution is 6.00. The van der Waals surface area contributed by atoms with Crippen LogP contribution in [0.1, 0.15) is 25.1 Å². The number of rotatable bonds is 4. The second kappa shape index (κ2) is 7.15. The fourth-order valence-corrected chi connectivity index (χ4v) is 1.86. The molecule has 0 spiro atoms. The minimum atomic E-state index is -1.02. The van der Waals surface area contributed by atoms with E-state index in [1.54, 1.807) is 19.1 Å². The molecule has 0 fully saturated rings. The lowest BCUT2D eigenvalue weighted by Gasteiger charge is -2.13. The Morgan fingerprint density at radius 1 is 1.22 bits per heavy atom. The molecule has 0 atom stereocenters. The van der Waals surface area contributed by atoms with Crippen molar-refractivity contribution in [3.63, 3.8) is 0 Å². The van der Waals surface area contributed by atoms with Crippen LogP contribution in [-0.4, -0.2) is 22.1 Å². The van der Waals surface area contributed by atoms with E-state index in [2.05, 4.69) is 9.98 Å². The van der Waals surface area contributed by atoms with E-state index in [1.165, 1.54) is 6.07 Å². The summed E-state index contributed by atoms with van der Waals surface area (Å²) in [6, 6.07) is 6.49. The molecule has 0 aliphatic rings. The van der Waals surface area contributed by atoms with Crippen LogP contribution < -0.4 is 10.2 Å². The molecule has 0 aliphatic heterocycles. The van der Waals surface area contributed by atoms with Crippen LogP contribution in [-0.2, 0) is 0 Å². The van der Waals surface area contributed by atoms with Gasteiger partial charge in [-0.1, -0.05) is 0 Å². The van der Waals surface area contributed by atoms with Crippen molar-refractivity contribution < 1.29 is 18.7 Å². The van der Waals surface area contributed by atoms with Gasteiger partial charge >= 0.3 is 0 Å². The summed E-state index contributed by atoms with van der Waals surface area (Å²) in [5.74, 6) is -1.60. The molecule has 1 heterocycles. The number of aromatic nitrogens is 1. The number of aryl methyl sites for hydroxylation is 1. The Morgan fingerprint density at radius 2 is 1.96 bits per heavy atom. The second-order valence-electron chi connectivity index (χ2n) is 5.17. The third-order valence-electron chi connectivity index (χ3n) is 2.85. The number of hydrogen-bond acceptors (Lipinski definition) is 4. The van der Waals surface area contributed by atoms with Gasteiger partial charge in [-0.2, -0.15) is 0 Å². The van der Waals surface area contributed by atoms with Gasteiger partial charge in [0.1, 0.15) is 5.75 Å². The number of hydroxylamine groups is 1. The summed E-state index contributed by atoms with van der Waals surface area (Å²) >= 11 is 0. The maximum Gasteiger partial charge on any atom is 0.230 e. The van der Waals surface area contributed by atoms with E-state index < -0.39 is 11.6 Å². The second-order valence-corrected chi connectivity index (χ2v) is 5.17. The van der Waals surface area contributed by atoms with Gasteiger partial charge in [0.25, 0.3) is 0 Å². The Labute approximate surface area is 132 Å². The largest absolute Gasteiger partial charge is 0.438 e. The SMILES string of the molecule is Cc1ccc(C(=NC(C)C)NO)c(Oc2ccc(F)c(F)c2)n1. The van der Waals surface area contributed by atoms with E-state index in [4.69, 9.17) is 4.74 Å². The molecule has 2 N–H and O–H groups in total. The van der Waals surface area contributed by atoms with Crippen LogP contribution >= 0.6 is 0 Å². The molecule has 0 amide bonds. The van der Waals surface area contributed by atoms with Crippen molar-refractivity contribution in [1.29, 1.82) is 0 Å². The van der Waals surface area contributed by atoms with Crippen molar-refractivity contribution in [2.75, 3.05) is 0 Å². The quantitative estimate of drug-likeness (QED) is 0.513. The van der Waals surface area contributed by atoms with Crippen molar-refractivity contribution in [2.24, 2.45) is 4.99 Å². The van der Waals surface area contributed by atoms with Gasteiger partial charge in [-0.25, -0.2) is 13.8 Å². The van der Waals surface area contributed by atoms with Gasteiger partial charge in [0.05, 0.1) is 5.56 Å². The first-order chi connectivity index (χ1) is 10.9. The third kappa shape index (κ3) is 4.23. The lowest BCUT2D eigenvalue weighted by Crippen LogP contribution is -2.23. The van der Waals surface area contributed by atoms with E-state index in [0.29, 0.717) is 11.3 Å². The number of ether oxygens (including phenoxy) is 1. The zero-order chi connectivity index (χ0) is 17.0. The van der Waals surface area contributed by atoms with Crippen molar-refractivity contribution >= 4 is 5.84 Å². The predicted molar refractivity (Wildman–Crippen MR) is 82.0 cm³/mol. The normalized spacial score (nSPS) is 11.7. The van der Waals surface area contributed by atoms with E-state index in [0.717, 1.165) is 12.1 Å². The fourth-order valence-electron chi connectivity index (χ4n) is 1.86. The lowest BCUT2D eigenvalue weighted by atomic mass is 10.2. The number of halogens is 2. The van der Waals surface area contributed by atoms with Gasteiger partial charge in [-0.15, -0.1) is 0 Å². The first-order valence-electron chi connectivity index (χ1n) is 6.99. The van der Waals surface area contributed by atoms with E-state index >= 15 is 0 Å². The summed E-state index contributed by atoms with van der Waals surface area (Å²) in [7, 11) is 0. The Morgan fingerprint density at radius 3 is 2.57 bits per heavy atom. The van der Waals surface area contributed by atoms with Crippen LogP contribution in [0.15, 0.2) is 35.3 Å². The molecule has 7 heteroatoms. The van der Waals surface area contributed by atoms with Gasteiger partial charge in [-0.3, -0.25) is 15.7 Å². The maximum absolute atomic E-state index is 13.3. The molecule has 0 unspecified atom stereocenters. The molecule has 0 aliphatic carbocycles. The van der Waals surface area contributed by atoms with Gasteiger partial charge < -0.3 is 4.74 Å². The first kappa shape index (κ1) is 16.8. The van der Waals surface area contributed by atoms with Gasteiger partial charge in [0.2, 0.25) is 5.88 Å². The van der Waals surface area contributed by atoms with Crippen molar-refractivity contribution in [3.05, 3.63) is 53.2 Å². The Hall–Kier alpha value is -2.54. The fraction of sp³-hybridized carbons (Fsp3) is 0.250. The highest BCUT2D eigenvalue weighted by Crippen LogP contribution is 2.25. The molecule has 2 rings (SSSR count). The van der Waals surface area contributed by atoms with E-state index in [1.807, 2.05) is 19.3 Å². The molecule has 1 aromatic carbocycles. The number of pyridine rings is 1. The van der Waals surface area contributed by atoms with Gasteiger partial charge in [0, 0.05) is 17.8 Å². The van der Waals surface area contributed by atoms with Crippen LogP contribution in [0.2, 0.25) is 0 Å². The highest BCUT2D eigenvalue weighted by atomic mass is 19.2. The van der Waals surface area contributed by atoms with Crippen LogP contribution in [0.25, 0.3) is 0 Å². The molecule has 2 aromatic rings. The number of nitrogens with zero attached hydrogens (tertiary/aromatic N) is 2. The summed E-state index contributed by atoms with van der Waals surface area (Å²) in [4.78, 5) is 8.46. The van der Waals surface area contributed by atoms with Crippen LogP contribution in [0, 0.1) is 18.6 Å². The molecule has 122 valence electrons. The van der Waals surface area contributed by atoms with Crippen molar-refractivity contribution in [1.82, 2.24) is 10.5 Å². The predicted octanol–water partition coefficient (Wildman–Crippen LogP) is 3.59. The number of amidine groups is 1. The van der Waals surface area contributed by atoms with Gasteiger partial charge in [0.15, 0.2) is 17.5 Å². The number of aliphatic imine (C=N–C) groups is 1. The summed E-state index contributed by atoms with van der Waals surface area (Å²) in [6.45, 7) is 5.44. The van der Waals surface area contributed by atoms with E-state index in [9.17, 15) is 14.0 Å². The average molecular weight is 321 g/mol. The molecule has 0 radical (unpaired) electrons. The zero-order valence-electron chi connectivity index (χ0n) is 13.0. The molecule has 0 bridgehead atoms. The minimum absolute atomic E-state index is 0.0814. The average Bonchev–Trinajstić information content (AvgIpc) is 2.49. The maximum atomic E-state index is 13.3. The monoisotopic (exact) mass is 321 g/mol. The molecule has 0 saturated carbocycles. The van der Waals surface area contributed by atoms with Gasteiger partial charge in [-0.05, 0) is 45.0 Å². The van der Waals surface area contributed by atoms with E-state index in [-0.39, 0.29) is 23.5 Å². The van der Waals surface area contributed by atoms with Crippen molar-refractivity contribution in [3.8, 4) is 11.6 Å². The molecular formula is C16H17F2N3O2. The molecule has 1 aromatic heterocycles. The Balaban J connectivity index is 2.44. The van der Waals surface area contributed by atoms with Crippen molar-refractivity contribution in [2.45, 2.75) is 26.8 Å². The number of hydrogen-bond donors (Lipinski definition) is 2. The molecule has 23 heavy (non-hydrogen) atoms. The summed E-state index contributed by atoms with van der Waals surface area (Å²) in [5, 5.41) is 9.29. The molecule has 5 nitrogen and oxygen atoms in total. The Bertz CT molecular complexity index is 733. The third-order valence-corrected chi connectivity index (χ3v) is 2.85. The lowest BCUT2D eigenvalue weighted by molar-refractivity contribution is 0.234. The highest BCUT2D eigenvalue weighted by Gasteiger charge is 2.14. The topological polar surface area (TPSA) is 66.7 Å². The first-order valence-corrected chi connectivity index (χ1v) is 6.99. The standard InChI is InChI=1S/C16H17F2N3O2/c1-9(2)19-15(21-22)12-6-4-10(3)20-16(12)23-11-5-7-13(17)14(18)8-11/h4-9,22H,1-3H3,(H,19,21). The van der Waals surface area contributed by atoms with Crippen LogP contribution in [0.4, 0.5) is 8.78 Å². The molecular weight excluding hydrogens is 304 g/mol. The summed E-state index contributed by atoms with van der Waals surface area (Å²) in [5.41, 5.74) is 3.07. The minimum Gasteiger partial charge on any atom is -0.438 e. The summed E-state index contributed by atoms with van der Waals surface area (Å²) in [6.07, 6.45) is 0. The Kier molecular flexibility index (Phi) is 5.23. The smallest absolute Gasteiger partial charge is 0.230 e.